The molecule has 0 bridgehead atoms. The van der Waals surface area contributed by atoms with Crippen molar-refractivity contribution in [3.8, 4) is 0 Å². The molecule has 1 saturated carbocycles. The van der Waals surface area contributed by atoms with Gasteiger partial charge in [-0.25, -0.2) is 0 Å². The van der Waals surface area contributed by atoms with E-state index < -0.39 is 0 Å². The molecule has 0 aliphatic heterocycles. The maximum atomic E-state index is 9.34. The Morgan fingerprint density at radius 3 is 2.47 bits per heavy atom. The van der Waals surface area contributed by atoms with Crippen LogP contribution in [0.4, 0.5) is 0 Å². The van der Waals surface area contributed by atoms with E-state index in [4.69, 9.17) is 9.47 Å². The van der Waals surface area contributed by atoms with Crippen LogP contribution in [0, 0.1) is 16.7 Å². The second-order valence-electron chi connectivity index (χ2n) is 5.46. The average molecular weight is 216 g/mol. The van der Waals surface area contributed by atoms with Gasteiger partial charge in [0.25, 0.3) is 0 Å². The molecule has 1 unspecified atom stereocenters. The summed E-state index contributed by atoms with van der Waals surface area (Å²) in [5, 5.41) is 9.34. The summed E-state index contributed by atoms with van der Waals surface area (Å²) in [7, 11) is 1.64. The molecule has 3 heteroatoms. The molecule has 2 atom stereocenters. The lowest BCUT2D eigenvalue weighted by atomic mass is 9.66. The van der Waals surface area contributed by atoms with Gasteiger partial charge in [-0.2, -0.15) is 0 Å². The topological polar surface area (TPSA) is 38.7 Å². The zero-order valence-corrected chi connectivity index (χ0v) is 10.4. The number of hydrogen-bond donors (Lipinski definition) is 1. The molecule has 15 heavy (non-hydrogen) atoms. The van der Waals surface area contributed by atoms with Gasteiger partial charge in [0, 0.05) is 13.7 Å². The van der Waals surface area contributed by atoms with Gasteiger partial charge in [-0.3, -0.25) is 0 Å². The zero-order valence-electron chi connectivity index (χ0n) is 10.4. The third-order valence-corrected chi connectivity index (χ3v) is 4.46. The molecular weight excluding hydrogens is 192 g/mol. The lowest BCUT2D eigenvalue weighted by Crippen LogP contribution is -2.39. The Morgan fingerprint density at radius 2 is 2.00 bits per heavy atom. The third-order valence-electron chi connectivity index (χ3n) is 4.46. The second kappa shape index (κ2) is 4.81. The highest BCUT2D eigenvalue weighted by atomic mass is 16.7. The Bertz CT molecular complexity index is 203. The Hall–Kier alpha value is -0.120. The largest absolute Gasteiger partial charge is 0.396 e. The summed E-state index contributed by atoms with van der Waals surface area (Å²) in [6.45, 7) is 8.07. The summed E-state index contributed by atoms with van der Waals surface area (Å²) in [4.78, 5) is 0. The Morgan fingerprint density at radius 1 is 1.33 bits per heavy atom. The number of aliphatic hydroxyl groups is 1. The first-order valence-electron chi connectivity index (χ1n) is 5.65. The molecule has 3 nitrogen and oxygen atoms in total. The smallest absolute Gasteiger partial charge is 0.146 e. The predicted octanol–water partition coefficient (Wildman–Crippen LogP) is 2.04. The highest BCUT2D eigenvalue weighted by Gasteiger charge is 2.51. The number of rotatable bonds is 5. The molecule has 1 N–H and O–H groups in total. The number of methoxy groups -OCH3 is 1. The van der Waals surface area contributed by atoms with E-state index in [1.165, 1.54) is 0 Å². The standard InChI is InChI=1S/C12H24O3/c1-11(2)10(7-13)5-6-12(11,3)8-15-9-14-4/h10,13H,5-9H2,1-4H3/t10-,12?/m0/s1. The van der Waals surface area contributed by atoms with Gasteiger partial charge in [-0.1, -0.05) is 20.8 Å². The van der Waals surface area contributed by atoms with Gasteiger partial charge in [0.2, 0.25) is 0 Å². The highest BCUT2D eigenvalue weighted by molar-refractivity contribution is 4.99. The molecule has 1 rings (SSSR count). The maximum absolute atomic E-state index is 9.34. The molecule has 0 aromatic carbocycles. The van der Waals surface area contributed by atoms with Crippen molar-refractivity contribution in [2.24, 2.45) is 16.7 Å². The SMILES string of the molecule is COCOCC1(C)CC[C@@H](CO)C1(C)C. The average Bonchev–Trinajstić information content (AvgIpc) is 2.39. The first kappa shape index (κ1) is 12.9. The molecule has 0 aromatic heterocycles. The fourth-order valence-electron chi connectivity index (χ4n) is 2.60. The highest BCUT2D eigenvalue weighted by Crippen LogP contribution is 2.55. The van der Waals surface area contributed by atoms with Crippen LogP contribution in [0.1, 0.15) is 33.6 Å². The molecule has 0 aromatic rings. The van der Waals surface area contributed by atoms with E-state index in [1.807, 2.05) is 0 Å². The minimum Gasteiger partial charge on any atom is -0.396 e. The summed E-state index contributed by atoms with van der Waals surface area (Å²) >= 11 is 0. The fraction of sp³-hybridized carbons (Fsp3) is 1.00. The molecule has 1 aliphatic carbocycles. The van der Waals surface area contributed by atoms with Crippen molar-refractivity contribution in [3.05, 3.63) is 0 Å². The summed E-state index contributed by atoms with van der Waals surface area (Å²) in [5.74, 6) is 0.397. The quantitative estimate of drug-likeness (QED) is 0.564. The predicted molar refractivity (Wildman–Crippen MR) is 59.5 cm³/mol. The monoisotopic (exact) mass is 216 g/mol. The van der Waals surface area contributed by atoms with Crippen LogP contribution in [0.3, 0.4) is 0 Å². The van der Waals surface area contributed by atoms with Gasteiger partial charge in [-0.15, -0.1) is 0 Å². The Balaban J connectivity index is 2.60. The van der Waals surface area contributed by atoms with Gasteiger partial charge < -0.3 is 14.6 Å². The van der Waals surface area contributed by atoms with Crippen LogP contribution in [-0.4, -0.2) is 32.2 Å². The second-order valence-corrected chi connectivity index (χ2v) is 5.46. The lowest BCUT2D eigenvalue weighted by molar-refractivity contribution is -0.0889. The molecule has 0 radical (unpaired) electrons. The van der Waals surface area contributed by atoms with Gasteiger partial charge in [-0.05, 0) is 29.6 Å². The van der Waals surface area contributed by atoms with E-state index in [9.17, 15) is 5.11 Å². The molecule has 90 valence electrons. The molecule has 1 fully saturated rings. The van der Waals surface area contributed by atoms with Crippen LogP contribution in [0.2, 0.25) is 0 Å². The van der Waals surface area contributed by atoms with E-state index in [1.54, 1.807) is 7.11 Å². The molecule has 0 saturated heterocycles. The van der Waals surface area contributed by atoms with Crippen molar-refractivity contribution >= 4 is 0 Å². The summed E-state index contributed by atoms with van der Waals surface area (Å²) in [6.07, 6.45) is 2.21. The Labute approximate surface area is 92.8 Å². The molecule has 1 aliphatic rings. The van der Waals surface area contributed by atoms with Crippen molar-refractivity contribution in [1.29, 1.82) is 0 Å². The normalized spacial score (nSPS) is 34.6. The van der Waals surface area contributed by atoms with Gasteiger partial charge in [0.05, 0.1) is 6.61 Å². The molecular formula is C12H24O3. The van der Waals surface area contributed by atoms with Crippen LogP contribution in [-0.2, 0) is 9.47 Å². The van der Waals surface area contributed by atoms with E-state index in [0.717, 1.165) is 12.8 Å². The van der Waals surface area contributed by atoms with Crippen molar-refractivity contribution in [2.45, 2.75) is 33.6 Å². The molecule has 0 spiro atoms. The minimum absolute atomic E-state index is 0.134. The first-order valence-corrected chi connectivity index (χ1v) is 5.65. The van der Waals surface area contributed by atoms with Crippen LogP contribution in [0.25, 0.3) is 0 Å². The lowest BCUT2D eigenvalue weighted by Gasteiger charge is -2.41. The van der Waals surface area contributed by atoms with Gasteiger partial charge in [0.1, 0.15) is 6.79 Å². The maximum Gasteiger partial charge on any atom is 0.146 e. The number of hydrogen-bond acceptors (Lipinski definition) is 3. The van der Waals surface area contributed by atoms with E-state index >= 15 is 0 Å². The van der Waals surface area contributed by atoms with Gasteiger partial charge in [0.15, 0.2) is 0 Å². The molecule has 0 amide bonds. The first-order chi connectivity index (χ1) is 6.98. The van der Waals surface area contributed by atoms with E-state index in [-0.39, 0.29) is 17.4 Å². The zero-order chi connectivity index (χ0) is 11.5. The van der Waals surface area contributed by atoms with E-state index in [2.05, 4.69) is 20.8 Å². The third kappa shape index (κ3) is 2.35. The van der Waals surface area contributed by atoms with Gasteiger partial charge >= 0.3 is 0 Å². The summed E-state index contributed by atoms with van der Waals surface area (Å²) in [6, 6.07) is 0. The fourth-order valence-corrected chi connectivity index (χ4v) is 2.60. The van der Waals surface area contributed by atoms with Crippen LogP contribution >= 0.6 is 0 Å². The Kier molecular flexibility index (Phi) is 4.15. The van der Waals surface area contributed by atoms with Crippen LogP contribution in [0.5, 0.6) is 0 Å². The van der Waals surface area contributed by atoms with Crippen molar-refractivity contribution in [2.75, 3.05) is 27.1 Å². The van der Waals surface area contributed by atoms with E-state index in [0.29, 0.717) is 19.3 Å². The van der Waals surface area contributed by atoms with Crippen LogP contribution < -0.4 is 0 Å². The van der Waals surface area contributed by atoms with Crippen LogP contribution in [0.15, 0.2) is 0 Å². The number of aliphatic hydroxyl groups excluding tert-OH is 1. The summed E-state index contributed by atoms with van der Waals surface area (Å²) in [5.41, 5.74) is 0.286. The minimum atomic E-state index is 0.134. The van der Waals surface area contributed by atoms with Crippen molar-refractivity contribution in [3.63, 3.8) is 0 Å². The molecule has 0 heterocycles. The van der Waals surface area contributed by atoms with Crippen molar-refractivity contribution < 1.29 is 14.6 Å². The summed E-state index contributed by atoms with van der Waals surface area (Å²) < 4.78 is 10.4. The van der Waals surface area contributed by atoms with Crippen molar-refractivity contribution in [1.82, 2.24) is 0 Å². The number of ether oxygens (including phenoxy) is 2.